The predicted octanol–water partition coefficient (Wildman–Crippen LogP) is 0.0867. The highest BCUT2D eigenvalue weighted by molar-refractivity contribution is 7.89. The van der Waals surface area contributed by atoms with E-state index in [2.05, 4.69) is 4.72 Å². The van der Waals surface area contributed by atoms with E-state index in [-0.39, 0.29) is 18.4 Å². The number of aliphatic hydroxyl groups is 1. The van der Waals surface area contributed by atoms with Crippen LogP contribution in [0, 0.1) is 5.92 Å². The van der Waals surface area contributed by atoms with Gasteiger partial charge in [0, 0.05) is 6.04 Å². The summed E-state index contributed by atoms with van der Waals surface area (Å²) in [5.74, 6) is 0.581. The molecule has 1 fully saturated rings. The van der Waals surface area contributed by atoms with E-state index < -0.39 is 10.0 Å². The number of hydrogen-bond acceptors (Lipinski definition) is 3. The molecule has 1 rings (SSSR count). The molecule has 4 nitrogen and oxygen atoms in total. The molecule has 5 heteroatoms. The van der Waals surface area contributed by atoms with Crippen molar-refractivity contribution in [3.05, 3.63) is 0 Å². The maximum Gasteiger partial charge on any atom is 0.212 e. The van der Waals surface area contributed by atoms with Gasteiger partial charge in [-0.1, -0.05) is 6.92 Å². The van der Waals surface area contributed by atoms with Gasteiger partial charge in [-0.25, -0.2) is 13.1 Å². The fourth-order valence-corrected chi connectivity index (χ4v) is 2.95. The van der Waals surface area contributed by atoms with Gasteiger partial charge in [-0.15, -0.1) is 0 Å². The molecule has 1 aliphatic rings. The van der Waals surface area contributed by atoms with Crippen molar-refractivity contribution in [1.82, 2.24) is 4.72 Å². The molecule has 13 heavy (non-hydrogen) atoms. The molecule has 1 atom stereocenters. The molecule has 0 bridgehead atoms. The quantitative estimate of drug-likeness (QED) is 0.648. The average Bonchev–Trinajstić information content (AvgIpc) is 2.83. The van der Waals surface area contributed by atoms with Crippen LogP contribution in [0.5, 0.6) is 0 Å². The van der Waals surface area contributed by atoms with Crippen molar-refractivity contribution < 1.29 is 13.5 Å². The topological polar surface area (TPSA) is 66.4 Å². The van der Waals surface area contributed by atoms with E-state index in [4.69, 9.17) is 5.11 Å². The molecule has 0 spiro atoms. The predicted molar refractivity (Wildman–Crippen MR) is 50.8 cm³/mol. The van der Waals surface area contributed by atoms with E-state index in [9.17, 15) is 8.42 Å². The fourth-order valence-electron chi connectivity index (χ4n) is 1.15. The van der Waals surface area contributed by atoms with E-state index in [0.717, 1.165) is 12.8 Å². The Hall–Kier alpha value is -0.130. The van der Waals surface area contributed by atoms with Gasteiger partial charge in [-0.3, -0.25) is 0 Å². The van der Waals surface area contributed by atoms with Gasteiger partial charge in [0.25, 0.3) is 0 Å². The van der Waals surface area contributed by atoms with Crippen LogP contribution >= 0.6 is 0 Å². The monoisotopic (exact) mass is 207 g/mol. The first-order valence-electron chi connectivity index (χ1n) is 4.68. The third-order valence-corrected chi connectivity index (χ3v) is 3.81. The molecule has 0 unspecified atom stereocenters. The van der Waals surface area contributed by atoms with Crippen LogP contribution in [-0.4, -0.2) is 31.9 Å². The van der Waals surface area contributed by atoms with Crippen molar-refractivity contribution in [1.29, 1.82) is 0 Å². The van der Waals surface area contributed by atoms with Gasteiger partial charge in [0.1, 0.15) is 0 Å². The molecule has 0 heterocycles. The molecule has 0 aromatic rings. The zero-order valence-corrected chi connectivity index (χ0v) is 8.68. The molecular weight excluding hydrogens is 190 g/mol. The fraction of sp³-hybridized carbons (Fsp3) is 1.00. The van der Waals surface area contributed by atoms with Gasteiger partial charge < -0.3 is 5.11 Å². The Kier molecular flexibility index (Phi) is 3.70. The summed E-state index contributed by atoms with van der Waals surface area (Å²) in [6.07, 6.45) is 2.67. The van der Waals surface area contributed by atoms with Crippen LogP contribution in [0.15, 0.2) is 0 Å². The molecule has 0 radical (unpaired) electrons. The van der Waals surface area contributed by atoms with Crippen molar-refractivity contribution in [2.24, 2.45) is 5.92 Å². The summed E-state index contributed by atoms with van der Waals surface area (Å²) in [5.41, 5.74) is 0. The first-order chi connectivity index (χ1) is 6.07. The molecule has 78 valence electrons. The number of rotatable bonds is 6. The van der Waals surface area contributed by atoms with Gasteiger partial charge in [0.2, 0.25) is 10.0 Å². The minimum Gasteiger partial charge on any atom is -0.395 e. The SMILES string of the molecule is CC[C@H](CO)NS(=O)(=O)CC1CC1. The Morgan fingerprint density at radius 3 is 2.54 bits per heavy atom. The van der Waals surface area contributed by atoms with Crippen LogP contribution in [0.25, 0.3) is 0 Å². The van der Waals surface area contributed by atoms with Gasteiger partial charge in [0.15, 0.2) is 0 Å². The van der Waals surface area contributed by atoms with Crippen LogP contribution in [0.3, 0.4) is 0 Å². The molecule has 0 aromatic carbocycles. The maximum absolute atomic E-state index is 11.4. The van der Waals surface area contributed by atoms with Gasteiger partial charge >= 0.3 is 0 Å². The second kappa shape index (κ2) is 4.39. The summed E-state index contributed by atoms with van der Waals surface area (Å²) in [4.78, 5) is 0. The Morgan fingerprint density at radius 2 is 2.15 bits per heavy atom. The lowest BCUT2D eigenvalue weighted by atomic mass is 10.3. The van der Waals surface area contributed by atoms with Crippen molar-refractivity contribution in [2.45, 2.75) is 32.2 Å². The van der Waals surface area contributed by atoms with Gasteiger partial charge in [0.05, 0.1) is 12.4 Å². The third-order valence-electron chi connectivity index (χ3n) is 2.21. The highest BCUT2D eigenvalue weighted by Gasteiger charge is 2.28. The highest BCUT2D eigenvalue weighted by atomic mass is 32.2. The summed E-state index contributed by atoms with van der Waals surface area (Å²) in [5, 5.41) is 8.81. The number of aliphatic hydroxyl groups excluding tert-OH is 1. The molecule has 2 N–H and O–H groups in total. The Morgan fingerprint density at radius 1 is 1.54 bits per heavy atom. The summed E-state index contributed by atoms with van der Waals surface area (Å²) in [7, 11) is -3.15. The summed E-state index contributed by atoms with van der Waals surface area (Å²) >= 11 is 0. The lowest BCUT2D eigenvalue weighted by molar-refractivity contribution is 0.253. The van der Waals surface area contributed by atoms with Crippen LogP contribution in [0.4, 0.5) is 0 Å². The lowest BCUT2D eigenvalue weighted by Gasteiger charge is -2.13. The first-order valence-corrected chi connectivity index (χ1v) is 6.33. The van der Waals surface area contributed by atoms with Gasteiger partial charge in [-0.2, -0.15) is 0 Å². The zero-order valence-electron chi connectivity index (χ0n) is 7.86. The third kappa shape index (κ3) is 4.06. The molecule has 0 amide bonds. The van der Waals surface area contributed by atoms with Crippen molar-refractivity contribution >= 4 is 10.0 Å². The Bertz CT molecular complexity index is 242. The minimum atomic E-state index is -3.15. The number of hydrogen-bond donors (Lipinski definition) is 2. The van der Waals surface area contributed by atoms with E-state index in [1.807, 2.05) is 6.92 Å². The largest absolute Gasteiger partial charge is 0.395 e. The van der Waals surface area contributed by atoms with E-state index >= 15 is 0 Å². The van der Waals surface area contributed by atoms with E-state index in [1.165, 1.54) is 0 Å². The van der Waals surface area contributed by atoms with Crippen LogP contribution in [-0.2, 0) is 10.0 Å². The second-order valence-electron chi connectivity index (χ2n) is 3.63. The van der Waals surface area contributed by atoms with E-state index in [0.29, 0.717) is 12.3 Å². The van der Waals surface area contributed by atoms with Gasteiger partial charge in [-0.05, 0) is 25.2 Å². The second-order valence-corrected chi connectivity index (χ2v) is 5.43. The first kappa shape index (κ1) is 10.9. The highest BCUT2D eigenvalue weighted by Crippen LogP contribution is 2.29. The normalized spacial score (nSPS) is 20.2. The van der Waals surface area contributed by atoms with Crippen LogP contribution < -0.4 is 4.72 Å². The average molecular weight is 207 g/mol. The molecule has 0 saturated heterocycles. The lowest BCUT2D eigenvalue weighted by Crippen LogP contribution is -2.38. The zero-order chi connectivity index (χ0) is 9.90. The maximum atomic E-state index is 11.4. The standard InChI is InChI=1S/C8H17NO3S/c1-2-8(5-10)9-13(11,12)6-7-3-4-7/h7-10H,2-6H2,1H3/t8-/m1/s1. The molecule has 1 saturated carbocycles. The molecule has 0 aliphatic heterocycles. The summed E-state index contributed by atoms with van der Waals surface area (Å²) < 4.78 is 25.3. The number of sulfonamides is 1. The van der Waals surface area contributed by atoms with Crippen LogP contribution in [0.2, 0.25) is 0 Å². The summed E-state index contributed by atoms with van der Waals surface area (Å²) in [6, 6.07) is -0.316. The Labute approximate surface area is 79.4 Å². The number of nitrogens with one attached hydrogen (secondary N) is 1. The molecular formula is C8H17NO3S. The molecule has 1 aliphatic carbocycles. The Balaban J connectivity index is 2.39. The van der Waals surface area contributed by atoms with Crippen molar-refractivity contribution in [3.63, 3.8) is 0 Å². The van der Waals surface area contributed by atoms with Crippen molar-refractivity contribution in [2.75, 3.05) is 12.4 Å². The van der Waals surface area contributed by atoms with E-state index in [1.54, 1.807) is 0 Å². The van der Waals surface area contributed by atoms with Crippen LogP contribution in [0.1, 0.15) is 26.2 Å². The smallest absolute Gasteiger partial charge is 0.212 e. The minimum absolute atomic E-state index is 0.125. The molecule has 0 aromatic heterocycles. The van der Waals surface area contributed by atoms with Crippen molar-refractivity contribution in [3.8, 4) is 0 Å². The summed E-state index contributed by atoms with van der Waals surface area (Å²) in [6.45, 7) is 1.72.